The first kappa shape index (κ1) is 14.4. The van der Waals surface area contributed by atoms with Crippen LogP contribution in [0.1, 0.15) is 37.8 Å². The first-order valence-corrected chi connectivity index (χ1v) is 7.27. The standard InChI is InChI=1S/C16H25NO2/c1-4-17-10-14-9-12(2)5-8-16(14)18-11-15-7-6-13(3)19-15/h5,8-9,13,15,17H,4,6-7,10-11H2,1-3H3. The summed E-state index contributed by atoms with van der Waals surface area (Å²) in [6, 6.07) is 6.36. The molecule has 1 aromatic rings. The van der Waals surface area contributed by atoms with Crippen LogP contribution >= 0.6 is 0 Å². The van der Waals surface area contributed by atoms with Crippen molar-refractivity contribution in [3.8, 4) is 5.75 Å². The summed E-state index contributed by atoms with van der Waals surface area (Å²) >= 11 is 0. The van der Waals surface area contributed by atoms with Gasteiger partial charge in [-0.1, -0.05) is 24.6 Å². The Hall–Kier alpha value is -1.06. The minimum Gasteiger partial charge on any atom is -0.491 e. The van der Waals surface area contributed by atoms with Crippen molar-refractivity contribution in [2.75, 3.05) is 13.2 Å². The smallest absolute Gasteiger partial charge is 0.123 e. The minimum absolute atomic E-state index is 0.253. The Labute approximate surface area is 116 Å². The van der Waals surface area contributed by atoms with Gasteiger partial charge in [0.15, 0.2) is 0 Å². The first-order chi connectivity index (χ1) is 9.19. The number of ether oxygens (including phenoxy) is 2. The molecule has 3 heteroatoms. The number of rotatable bonds is 6. The highest BCUT2D eigenvalue weighted by Gasteiger charge is 2.22. The second kappa shape index (κ2) is 6.92. The van der Waals surface area contributed by atoms with Crippen LogP contribution < -0.4 is 10.1 Å². The Balaban J connectivity index is 1.94. The van der Waals surface area contributed by atoms with Crippen LogP contribution in [0.15, 0.2) is 18.2 Å². The number of hydrogen-bond acceptors (Lipinski definition) is 3. The van der Waals surface area contributed by atoms with E-state index in [-0.39, 0.29) is 6.10 Å². The predicted molar refractivity (Wildman–Crippen MR) is 77.6 cm³/mol. The zero-order valence-electron chi connectivity index (χ0n) is 12.2. The molecule has 1 aliphatic heterocycles. The lowest BCUT2D eigenvalue weighted by Gasteiger charge is -2.16. The molecule has 1 fully saturated rings. The highest BCUT2D eigenvalue weighted by atomic mass is 16.5. The fourth-order valence-electron chi connectivity index (χ4n) is 2.44. The molecule has 1 heterocycles. The quantitative estimate of drug-likeness (QED) is 0.855. The third-order valence-electron chi connectivity index (χ3n) is 3.53. The fraction of sp³-hybridized carbons (Fsp3) is 0.625. The van der Waals surface area contributed by atoms with Gasteiger partial charge >= 0.3 is 0 Å². The molecule has 3 nitrogen and oxygen atoms in total. The lowest BCUT2D eigenvalue weighted by molar-refractivity contribution is 0.0262. The lowest BCUT2D eigenvalue weighted by Crippen LogP contribution is -2.19. The second-order valence-electron chi connectivity index (χ2n) is 5.35. The van der Waals surface area contributed by atoms with Crippen LogP contribution in [0.3, 0.4) is 0 Å². The molecule has 0 aromatic heterocycles. The van der Waals surface area contributed by atoms with Crippen molar-refractivity contribution >= 4 is 0 Å². The Kier molecular flexibility index (Phi) is 5.23. The van der Waals surface area contributed by atoms with Crippen molar-refractivity contribution in [2.24, 2.45) is 0 Å². The van der Waals surface area contributed by atoms with E-state index in [0.717, 1.165) is 31.7 Å². The summed E-state index contributed by atoms with van der Waals surface area (Å²) in [7, 11) is 0. The summed E-state index contributed by atoms with van der Waals surface area (Å²) < 4.78 is 11.7. The molecular formula is C16H25NO2. The Morgan fingerprint density at radius 1 is 1.37 bits per heavy atom. The van der Waals surface area contributed by atoms with Crippen LogP contribution in [0.2, 0.25) is 0 Å². The SMILES string of the molecule is CCNCc1cc(C)ccc1OCC1CCC(C)O1. The van der Waals surface area contributed by atoms with Gasteiger partial charge < -0.3 is 14.8 Å². The van der Waals surface area contributed by atoms with Gasteiger partial charge in [0.2, 0.25) is 0 Å². The van der Waals surface area contributed by atoms with E-state index in [1.807, 2.05) is 0 Å². The minimum atomic E-state index is 0.253. The molecule has 0 radical (unpaired) electrons. The number of benzene rings is 1. The lowest BCUT2D eigenvalue weighted by atomic mass is 10.1. The van der Waals surface area contributed by atoms with E-state index >= 15 is 0 Å². The maximum atomic E-state index is 5.96. The van der Waals surface area contributed by atoms with Crippen molar-refractivity contribution in [3.05, 3.63) is 29.3 Å². The van der Waals surface area contributed by atoms with E-state index in [1.165, 1.54) is 11.1 Å². The number of aryl methyl sites for hydroxylation is 1. The molecule has 1 aliphatic rings. The topological polar surface area (TPSA) is 30.5 Å². The maximum Gasteiger partial charge on any atom is 0.123 e. The number of nitrogens with one attached hydrogen (secondary N) is 1. The van der Waals surface area contributed by atoms with E-state index < -0.39 is 0 Å². The molecule has 0 amide bonds. The summed E-state index contributed by atoms with van der Waals surface area (Å²) in [6.45, 7) is 8.84. The van der Waals surface area contributed by atoms with E-state index in [1.54, 1.807) is 0 Å². The largest absolute Gasteiger partial charge is 0.491 e. The van der Waals surface area contributed by atoms with Crippen molar-refractivity contribution < 1.29 is 9.47 Å². The van der Waals surface area contributed by atoms with Crippen LogP contribution in [0.5, 0.6) is 5.75 Å². The van der Waals surface area contributed by atoms with E-state index in [0.29, 0.717) is 12.7 Å². The van der Waals surface area contributed by atoms with Crippen molar-refractivity contribution in [1.82, 2.24) is 5.32 Å². The molecule has 1 aromatic carbocycles. The predicted octanol–water partition coefficient (Wildman–Crippen LogP) is 3.05. The molecule has 0 aliphatic carbocycles. The van der Waals surface area contributed by atoms with Gasteiger partial charge in [0.25, 0.3) is 0 Å². The van der Waals surface area contributed by atoms with E-state index in [2.05, 4.69) is 44.3 Å². The third-order valence-corrected chi connectivity index (χ3v) is 3.53. The zero-order chi connectivity index (χ0) is 13.7. The highest BCUT2D eigenvalue weighted by molar-refractivity contribution is 5.36. The van der Waals surface area contributed by atoms with Gasteiger partial charge in [0.1, 0.15) is 12.4 Å². The van der Waals surface area contributed by atoms with Crippen molar-refractivity contribution in [1.29, 1.82) is 0 Å². The summed E-state index contributed by atoms with van der Waals surface area (Å²) in [5.74, 6) is 0.981. The molecule has 2 unspecified atom stereocenters. The molecule has 2 rings (SSSR count). The maximum absolute atomic E-state index is 5.96. The molecule has 2 atom stereocenters. The molecule has 0 saturated carbocycles. The van der Waals surface area contributed by atoms with Gasteiger partial charge in [-0.2, -0.15) is 0 Å². The van der Waals surface area contributed by atoms with Crippen LogP contribution in [-0.2, 0) is 11.3 Å². The molecular weight excluding hydrogens is 238 g/mol. The average Bonchev–Trinajstić information content (AvgIpc) is 2.81. The van der Waals surface area contributed by atoms with Crippen molar-refractivity contribution in [2.45, 2.75) is 52.4 Å². The zero-order valence-corrected chi connectivity index (χ0v) is 12.2. The Bertz CT molecular complexity index is 406. The van der Waals surface area contributed by atoms with E-state index in [4.69, 9.17) is 9.47 Å². The normalized spacial score (nSPS) is 22.7. The van der Waals surface area contributed by atoms with Gasteiger partial charge in [0, 0.05) is 12.1 Å². The summed E-state index contributed by atoms with van der Waals surface area (Å²) in [5, 5.41) is 3.36. The average molecular weight is 263 g/mol. The van der Waals surface area contributed by atoms with Gasteiger partial charge in [0.05, 0.1) is 12.2 Å². The van der Waals surface area contributed by atoms with Crippen LogP contribution in [0, 0.1) is 6.92 Å². The Morgan fingerprint density at radius 3 is 2.89 bits per heavy atom. The molecule has 19 heavy (non-hydrogen) atoms. The van der Waals surface area contributed by atoms with E-state index in [9.17, 15) is 0 Å². The first-order valence-electron chi connectivity index (χ1n) is 7.27. The molecule has 1 N–H and O–H groups in total. The molecule has 1 saturated heterocycles. The van der Waals surface area contributed by atoms with Crippen molar-refractivity contribution in [3.63, 3.8) is 0 Å². The van der Waals surface area contributed by atoms with Gasteiger partial charge in [-0.05, 0) is 39.3 Å². The highest BCUT2D eigenvalue weighted by Crippen LogP contribution is 2.23. The van der Waals surface area contributed by atoms with Crippen LogP contribution in [-0.4, -0.2) is 25.4 Å². The third kappa shape index (κ3) is 4.22. The fourth-order valence-corrected chi connectivity index (χ4v) is 2.44. The second-order valence-corrected chi connectivity index (χ2v) is 5.35. The summed E-state index contributed by atoms with van der Waals surface area (Å²) in [5.41, 5.74) is 2.50. The summed E-state index contributed by atoms with van der Waals surface area (Å²) in [4.78, 5) is 0. The van der Waals surface area contributed by atoms with Crippen LogP contribution in [0.4, 0.5) is 0 Å². The summed E-state index contributed by atoms with van der Waals surface area (Å²) in [6.07, 6.45) is 2.89. The Morgan fingerprint density at radius 2 is 2.21 bits per heavy atom. The van der Waals surface area contributed by atoms with Crippen LogP contribution in [0.25, 0.3) is 0 Å². The monoisotopic (exact) mass is 263 g/mol. The van der Waals surface area contributed by atoms with Gasteiger partial charge in [-0.15, -0.1) is 0 Å². The molecule has 0 spiro atoms. The molecule has 106 valence electrons. The number of hydrogen-bond donors (Lipinski definition) is 1. The van der Waals surface area contributed by atoms with Gasteiger partial charge in [-0.25, -0.2) is 0 Å². The van der Waals surface area contributed by atoms with Gasteiger partial charge in [-0.3, -0.25) is 0 Å². The molecule has 0 bridgehead atoms.